The Kier molecular flexibility index (Phi) is 4.14. The van der Waals surface area contributed by atoms with Gasteiger partial charge in [0.15, 0.2) is 0 Å². The fourth-order valence-corrected chi connectivity index (χ4v) is 2.27. The Morgan fingerprint density at radius 3 is 3.12 bits per heavy atom. The van der Waals surface area contributed by atoms with Crippen molar-refractivity contribution in [3.8, 4) is 0 Å². The van der Waals surface area contributed by atoms with Gasteiger partial charge in [-0.15, -0.1) is 0 Å². The number of hydrogen-bond donors (Lipinski definition) is 2. The first kappa shape index (κ1) is 12.1. The van der Waals surface area contributed by atoms with E-state index < -0.39 is 0 Å². The Morgan fingerprint density at radius 1 is 1.47 bits per heavy atom. The molecule has 1 unspecified atom stereocenters. The van der Waals surface area contributed by atoms with E-state index in [1.807, 2.05) is 13.0 Å². The molecule has 0 amide bonds. The second-order valence-electron chi connectivity index (χ2n) is 4.32. The van der Waals surface area contributed by atoms with Crippen LogP contribution >= 0.6 is 0 Å². The van der Waals surface area contributed by atoms with Crippen LogP contribution in [-0.4, -0.2) is 40.8 Å². The molecule has 0 saturated carbocycles. The van der Waals surface area contributed by atoms with Gasteiger partial charge in [0, 0.05) is 19.2 Å². The number of anilines is 2. The molecule has 1 saturated heterocycles. The van der Waals surface area contributed by atoms with Crippen molar-refractivity contribution >= 4 is 11.6 Å². The molecule has 1 aromatic rings. The van der Waals surface area contributed by atoms with Crippen molar-refractivity contribution in [3.05, 3.63) is 12.4 Å². The van der Waals surface area contributed by atoms with Crippen LogP contribution in [0.25, 0.3) is 0 Å². The summed E-state index contributed by atoms with van der Waals surface area (Å²) in [6.07, 6.45) is 4.97. The number of piperidine rings is 1. The summed E-state index contributed by atoms with van der Waals surface area (Å²) in [5.74, 6) is 1.76. The zero-order valence-corrected chi connectivity index (χ0v) is 10.3. The van der Waals surface area contributed by atoms with Crippen molar-refractivity contribution in [3.63, 3.8) is 0 Å². The first-order chi connectivity index (χ1) is 8.35. The van der Waals surface area contributed by atoms with E-state index in [4.69, 9.17) is 0 Å². The lowest BCUT2D eigenvalue weighted by Crippen LogP contribution is -2.42. The van der Waals surface area contributed by atoms with Gasteiger partial charge in [-0.05, 0) is 26.2 Å². The van der Waals surface area contributed by atoms with Crippen molar-refractivity contribution in [2.45, 2.75) is 32.2 Å². The fraction of sp³-hybridized carbons (Fsp3) is 0.667. The minimum Gasteiger partial charge on any atom is -0.394 e. The maximum absolute atomic E-state index is 9.39. The van der Waals surface area contributed by atoms with Gasteiger partial charge in [-0.1, -0.05) is 0 Å². The predicted octanol–water partition coefficient (Wildman–Crippen LogP) is 1.26. The molecule has 2 rings (SSSR count). The lowest BCUT2D eigenvalue weighted by Gasteiger charge is -2.35. The fourth-order valence-electron chi connectivity index (χ4n) is 2.27. The molecule has 5 heteroatoms. The van der Waals surface area contributed by atoms with Crippen LogP contribution in [0.3, 0.4) is 0 Å². The van der Waals surface area contributed by atoms with Gasteiger partial charge in [0.25, 0.3) is 0 Å². The van der Waals surface area contributed by atoms with E-state index in [-0.39, 0.29) is 12.6 Å². The number of aliphatic hydroxyl groups is 1. The molecular formula is C12H20N4O. The third kappa shape index (κ3) is 2.85. The van der Waals surface area contributed by atoms with Crippen LogP contribution in [0.1, 0.15) is 26.2 Å². The summed E-state index contributed by atoms with van der Waals surface area (Å²) >= 11 is 0. The number of nitrogens with one attached hydrogen (secondary N) is 1. The normalized spacial score (nSPS) is 20.4. The number of aliphatic hydroxyl groups excluding tert-OH is 1. The summed E-state index contributed by atoms with van der Waals surface area (Å²) in [7, 11) is 0. The Labute approximate surface area is 102 Å². The Bertz CT molecular complexity index is 358. The molecule has 1 aliphatic rings. The van der Waals surface area contributed by atoms with Crippen LogP contribution in [0.5, 0.6) is 0 Å². The minimum absolute atomic E-state index is 0.195. The number of hydrogen-bond acceptors (Lipinski definition) is 5. The molecule has 94 valence electrons. The summed E-state index contributed by atoms with van der Waals surface area (Å²) in [5, 5.41) is 12.6. The first-order valence-corrected chi connectivity index (χ1v) is 6.28. The monoisotopic (exact) mass is 236 g/mol. The molecule has 0 aliphatic carbocycles. The van der Waals surface area contributed by atoms with Crippen molar-refractivity contribution in [2.75, 3.05) is 29.9 Å². The minimum atomic E-state index is 0.195. The molecule has 0 bridgehead atoms. The zero-order chi connectivity index (χ0) is 12.1. The average Bonchev–Trinajstić information content (AvgIpc) is 2.39. The first-order valence-electron chi connectivity index (χ1n) is 6.28. The van der Waals surface area contributed by atoms with Gasteiger partial charge in [-0.2, -0.15) is 0 Å². The molecule has 0 spiro atoms. The summed E-state index contributed by atoms with van der Waals surface area (Å²) < 4.78 is 0. The highest BCUT2D eigenvalue weighted by atomic mass is 16.3. The van der Waals surface area contributed by atoms with Gasteiger partial charge in [-0.3, -0.25) is 0 Å². The van der Waals surface area contributed by atoms with E-state index in [9.17, 15) is 5.11 Å². The average molecular weight is 236 g/mol. The molecule has 1 aromatic heterocycles. The number of nitrogens with zero attached hydrogens (tertiary/aromatic N) is 3. The Morgan fingerprint density at radius 2 is 2.35 bits per heavy atom. The van der Waals surface area contributed by atoms with Crippen LogP contribution in [0.2, 0.25) is 0 Å². The summed E-state index contributed by atoms with van der Waals surface area (Å²) in [4.78, 5) is 10.7. The molecule has 17 heavy (non-hydrogen) atoms. The highest BCUT2D eigenvalue weighted by Crippen LogP contribution is 2.23. The van der Waals surface area contributed by atoms with Gasteiger partial charge in [0.1, 0.15) is 18.0 Å². The van der Waals surface area contributed by atoms with E-state index in [2.05, 4.69) is 20.2 Å². The van der Waals surface area contributed by atoms with E-state index >= 15 is 0 Å². The number of aromatic nitrogens is 2. The third-order valence-electron chi connectivity index (χ3n) is 3.14. The lowest BCUT2D eigenvalue weighted by atomic mass is 10.0. The standard InChI is InChI=1S/C12H20N4O/c1-2-13-11-7-12(15-9-14-11)16-6-4-3-5-10(16)8-17/h7,9-10,17H,2-6,8H2,1H3,(H,13,14,15). The maximum Gasteiger partial charge on any atom is 0.134 e. The van der Waals surface area contributed by atoms with Crippen molar-refractivity contribution in [1.82, 2.24) is 9.97 Å². The van der Waals surface area contributed by atoms with Gasteiger partial charge in [0.2, 0.25) is 0 Å². The van der Waals surface area contributed by atoms with Crippen molar-refractivity contribution in [2.24, 2.45) is 0 Å². The molecule has 1 aliphatic heterocycles. The molecule has 1 atom stereocenters. The van der Waals surface area contributed by atoms with Crippen molar-refractivity contribution < 1.29 is 5.11 Å². The van der Waals surface area contributed by atoms with E-state index in [1.165, 1.54) is 6.42 Å². The van der Waals surface area contributed by atoms with E-state index in [0.29, 0.717) is 0 Å². The highest BCUT2D eigenvalue weighted by molar-refractivity contribution is 5.49. The smallest absolute Gasteiger partial charge is 0.134 e. The van der Waals surface area contributed by atoms with E-state index in [1.54, 1.807) is 6.33 Å². The maximum atomic E-state index is 9.39. The Hall–Kier alpha value is -1.36. The summed E-state index contributed by atoms with van der Waals surface area (Å²) in [6.45, 7) is 4.05. The molecule has 1 fully saturated rings. The van der Waals surface area contributed by atoms with Gasteiger partial charge in [-0.25, -0.2) is 9.97 Å². The quantitative estimate of drug-likeness (QED) is 0.824. The van der Waals surface area contributed by atoms with Crippen LogP contribution in [0.4, 0.5) is 11.6 Å². The largest absolute Gasteiger partial charge is 0.394 e. The van der Waals surface area contributed by atoms with Crippen LogP contribution in [-0.2, 0) is 0 Å². The molecule has 0 aromatic carbocycles. The second-order valence-corrected chi connectivity index (χ2v) is 4.32. The zero-order valence-electron chi connectivity index (χ0n) is 10.3. The van der Waals surface area contributed by atoms with E-state index in [0.717, 1.165) is 37.6 Å². The van der Waals surface area contributed by atoms with Gasteiger partial charge < -0.3 is 15.3 Å². The second kappa shape index (κ2) is 5.82. The molecular weight excluding hydrogens is 216 g/mol. The predicted molar refractivity (Wildman–Crippen MR) is 68.3 cm³/mol. The molecule has 0 radical (unpaired) electrons. The van der Waals surface area contributed by atoms with Crippen LogP contribution in [0.15, 0.2) is 12.4 Å². The highest BCUT2D eigenvalue weighted by Gasteiger charge is 2.22. The van der Waals surface area contributed by atoms with Crippen LogP contribution < -0.4 is 10.2 Å². The van der Waals surface area contributed by atoms with Gasteiger partial charge in [0.05, 0.1) is 12.6 Å². The number of rotatable bonds is 4. The van der Waals surface area contributed by atoms with Crippen molar-refractivity contribution in [1.29, 1.82) is 0 Å². The summed E-state index contributed by atoms with van der Waals surface area (Å²) in [5.41, 5.74) is 0. The SMILES string of the molecule is CCNc1cc(N2CCCCC2CO)ncn1. The van der Waals surface area contributed by atoms with Crippen LogP contribution in [0, 0.1) is 0 Å². The Balaban J connectivity index is 2.16. The molecule has 2 N–H and O–H groups in total. The molecule has 2 heterocycles. The third-order valence-corrected chi connectivity index (χ3v) is 3.14. The van der Waals surface area contributed by atoms with Gasteiger partial charge >= 0.3 is 0 Å². The lowest BCUT2D eigenvalue weighted by molar-refractivity contribution is 0.239. The topological polar surface area (TPSA) is 61.3 Å². The molecule has 5 nitrogen and oxygen atoms in total. The summed E-state index contributed by atoms with van der Waals surface area (Å²) in [6, 6.07) is 2.16.